The van der Waals surface area contributed by atoms with Crippen LogP contribution in [0.1, 0.15) is 37.4 Å². The second kappa shape index (κ2) is 8.20. The molecule has 0 aromatic carbocycles. The second-order valence-electron chi connectivity index (χ2n) is 3.86. The van der Waals surface area contributed by atoms with E-state index in [-0.39, 0.29) is 5.91 Å². The van der Waals surface area contributed by atoms with Crippen molar-refractivity contribution in [3.63, 3.8) is 0 Å². The van der Waals surface area contributed by atoms with Crippen molar-refractivity contribution < 1.29 is 4.79 Å². The molecular weight excluding hydrogens is 234 g/mol. The minimum absolute atomic E-state index is 0.117. The van der Waals surface area contributed by atoms with E-state index >= 15 is 0 Å². The SMILES string of the molecule is CCCNC(=O)CCNCc1csc(CC)n1. The molecule has 4 nitrogen and oxygen atoms in total. The van der Waals surface area contributed by atoms with Crippen LogP contribution in [0, 0.1) is 0 Å². The number of nitrogens with zero attached hydrogens (tertiary/aromatic N) is 1. The van der Waals surface area contributed by atoms with Gasteiger partial charge in [-0.05, 0) is 12.8 Å². The molecule has 0 atom stereocenters. The fourth-order valence-corrected chi connectivity index (χ4v) is 2.11. The zero-order valence-electron chi connectivity index (χ0n) is 10.6. The fraction of sp³-hybridized carbons (Fsp3) is 0.667. The van der Waals surface area contributed by atoms with E-state index < -0.39 is 0 Å². The number of hydrogen-bond donors (Lipinski definition) is 2. The number of carbonyl (C=O) groups excluding carboxylic acids is 1. The van der Waals surface area contributed by atoms with Crippen molar-refractivity contribution in [3.8, 4) is 0 Å². The molecule has 1 heterocycles. The molecule has 1 rings (SSSR count). The summed E-state index contributed by atoms with van der Waals surface area (Å²) in [6.07, 6.45) is 2.51. The Morgan fingerprint density at radius 3 is 2.88 bits per heavy atom. The minimum Gasteiger partial charge on any atom is -0.356 e. The van der Waals surface area contributed by atoms with Crippen LogP contribution in [0.2, 0.25) is 0 Å². The predicted molar refractivity (Wildman–Crippen MR) is 71.1 cm³/mol. The van der Waals surface area contributed by atoms with Crippen LogP contribution in [0.4, 0.5) is 0 Å². The average Bonchev–Trinajstić information content (AvgIpc) is 2.80. The molecule has 0 saturated carbocycles. The third kappa shape index (κ3) is 5.79. The smallest absolute Gasteiger partial charge is 0.221 e. The number of aromatic nitrogens is 1. The summed E-state index contributed by atoms with van der Waals surface area (Å²) >= 11 is 1.69. The molecule has 5 heteroatoms. The summed E-state index contributed by atoms with van der Waals surface area (Å²) in [7, 11) is 0. The van der Waals surface area contributed by atoms with Crippen molar-refractivity contribution in [2.24, 2.45) is 0 Å². The summed E-state index contributed by atoms with van der Waals surface area (Å²) in [5.74, 6) is 0.117. The van der Waals surface area contributed by atoms with E-state index in [4.69, 9.17) is 0 Å². The van der Waals surface area contributed by atoms with Gasteiger partial charge < -0.3 is 10.6 Å². The molecule has 17 heavy (non-hydrogen) atoms. The van der Waals surface area contributed by atoms with Gasteiger partial charge in [-0.3, -0.25) is 4.79 Å². The van der Waals surface area contributed by atoms with Gasteiger partial charge in [0, 0.05) is 31.4 Å². The molecule has 0 radical (unpaired) electrons. The lowest BCUT2D eigenvalue weighted by Crippen LogP contribution is -2.28. The zero-order chi connectivity index (χ0) is 12.5. The molecule has 0 unspecified atom stereocenters. The number of aryl methyl sites for hydroxylation is 1. The monoisotopic (exact) mass is 255 g/mol. The topological polar surface area (TPSA) is 54.0 Å². The zero-order valence-corrected chi connectivity index (χ0v) is 11.4. The van der Waals surface area contributed by atoms with Crippen LogP contribution >= 0.6 is 11.3 Å². The first-order chi connectivity index (χ1) is 8.26. The van der Waals surface area contributed by atoms with E-state index in [0.717, 1.165) is 31.6 Å². The normalized spacial score (nSPS) is 10.5. The number of hydrogen-bond acceptors (Lipinski definition) is 4. The van der Waals surface area contributed by atoms with Gasteiger partial charge in [-0.1, -0.05) is 13.8 Å². The third-order valence-corrected chi connectivity index (χ3v) is 3.35. The van der Waals surface area contributed by atoms with Crippen LogP contribution in [0.5, 0.6) is 0 Å². The third-order valence-electron chi connectivity index (χ3n) is 2.31. The number of rotatable bonds is 8. The second-order valence-corrected chi connectivity index (χ2v) is 4.81. The van der Waals surface area contributed by atoms with Crippen molar-refractivity contribution in [1.29, 1.82) is 0 Å². The van der Waals surface area contributed by atoms with E-state index in [1.54, 1.807) is 11.3 Å². The maximum absolute atomic E-state index is 11.3. The van der Waals surface area contributed by atoms with Crippen molar-refractivity contribution in [3.05, 3.63) is 16.1 Å². The Hall–Kier alpha value is -0.940. The number of carbonyl (C=O) groups is 1. The van der Waals surface area contributed by atoms with Crippen molar-refractivity contribution in [1.82, 2.24) is 15.6 Å². The largest absolute Gasteiger partial charge is 0.356 e. The lowest BCUT2D eigenvalue weighted by Gasteiger charge is -2.04. The Bertz CT molecular complexity index is 338. The van der Waals surface area contributed by atoms with Gasteiger partial charge in [-0.2, -0.15) is 0 Å². The molecule has 0 fully saturated rings. The Morgan fingerprint density at radius 1 is 1.41 bits per heavy atom. The number of nitrogens with one attached hydrogen (secondary N) is 2. The van der Waals surface area contributed by atoms with Crippen LogP contribution in [0.3, 0.4) is 0 Å². The van der Waals surface area contributed by atoms with E-state index in [9.17, 15) is 4.79 Å². The van der Waals surface area contributed by atoms with Crippen LogP contribution in [-0.4, -0.2) is 24.0 Å². The van der Waals surface area contributed by atoms with Crippen molar-refractivity contribution in [2.45, 2.75) is 39.7 Å². The van der Waals surface area contributed by atoms with E-state index in [1.165, 1.54) is 5.01 Å². The first-order valence-electron chi connectivity index (χ1n) is 6.17. The summed E-state index contributed by atoms with van der Waals surface area (Å²) in [5, 5.41) is 9.32. The summed E-state index contributed by atoms with van der Waals surface area (Å²) in [5.41, 5.74) is 1.07. The van der Waals surface area contributed by atoms with E-state index in [1.807, 2.05) is 6.92 Å². The van der Waals surface area contributed by atoms with Crippen LogP contribution in [-0.2, 0) is 17.8 Å². The summed E-state index contributed by atoms with van der Waals surface area (Å²) in [4.78, 5) is 15.7. The van der Waals surface area contributed by atoms with Crippen LogP contribution in [0.25, 0.3) is 0 Å². The predicted octanol–water partition coefficient (Wildman–Crippen LogP) is 1.71. The molecule has 0 aliphatic rings. The van der Waals surface area contributed by atoms with Crippen molar-refractivity contribution >= 4 is 17.2 Å². The average molecular weight is 255 g/mol. The lowest BCUT2D eigenvalue weighted by atomic mass is 10.3. The molecule has 0 saturated heterocycles. The van der Waals surface area contributed by atoms with Crippen LogP contribution in [0.15, 0.2) is 5.38 Å². The van der Waals surface area contributed by atoms with Gasteiger partial charge in [0.1, 0.15) is 0 Å². The summed E-state index contributed by atoms with van der Waals surface area (Å²) in [6.45, 7) is 6.37. The lowest BCUT2D eigenvalue weighted by molar-refractivity contribution is -0.120. The quantitative estimate of drug-likeness (QED) is 0.695. The van der Waals surface area contributed by atoms with Gasteiger partial charge in [0.05, 0.1) is 10.7 Å². The van der Waals surface area contributed by atoms with Gasteiger partial charge in [-0.15, -0.1) is 11.3 Å². The van der Waals surface area contributed by atoms with Crippen molar-refractivity contribution in [2.75, 3.05) is 13.1 Å². The first-order valence-corrected chi connectivity index (χ1v) is 7.05. The molecule has 1 aromatic rings. The standard InChI is InChI=1S/C12H21N3OS/c1-3-6-14-11(16)5-7-13-8-10-9-17-12(4-2)15-10/h9,13H,3-8H2,1-2H3,(H,14,16). The maximum Gasteiger partial charge on any atom is 0.221 e. The molecule has 0 aliphatic carbocycles. The maximum atomic E-state index is 11.3. The Labute approximate surface area is 107 Å². The molecule has 1 amide bonds. The highest BCUT2D eigenvalue weighted by atomic mass is 32.1. The molecule has 0 spiro atoms. The Morgan fingerprint density at radius 2 is 2.24 bits per heavy atom. The molecular formula is C12H21N3OS. The van der Waals surface area contributed by atoms with Gasteiger partial charge in [0.2, 0.25) is 5.91 Å². The highest BCUT2D eigenvalue weighted by Gasteiger charge is 2.01. The number of amides is 1. The Kier molecular flexibility index (Phi) is 6.81. The molecule has 1 aromatic heterocycles. The van der Waals surface area contributed by atoms with E-state index in [0.29, 0.717) is 13.0 Å². The molecule has 0 aliphatic heterocycles. The van der Waals surface area contributed by atoms with Gasteiger partial charge in [-0.25, -0.2) is 4.98 Å². The highest BCUT2D eigenvalue weighted by Crippen LogP contribution is 2.09. The summed E-state index contributed by atoms with van der Waals surface area (Å²) < 4.78 is 0. The van der Waals surface area contributed by atoms with Crippen LogP contribution < -0.4 is 10.6 Å². The fourth-order valence-electron chi connectivity index (χ4n) is 1.36. The van der Waals surface area contributed by atoms with Gasteiger partial charge >= 0.3 is 0 Å². The van der Waals surface area contributed by atoms with Gasteiger partial charge in [0.15, 0.2) is 0 Å². The number of thiazole rings is 1. The first kappa shape index (κ1) is 14.1. The molecule has 96 valence electrons. The summed E-state index contributed by atoms with van der Waals surface area (Å²) in [6, 6.07) is 0. The molecule has 0 bridgehead atoms. The molecule has 2 N–H and O–H groups in total. The Balaban J connectivity index is 2.09. The van der Waals surface area contributed by atoms with Gasteiger partial charge in [0.25, 0.3) is 0 Å². The highest BCUT2D eigenvalue weighted by molar-refractivity contribution is 7.09. The van der Waals surface area contributed by atoms with E-state index in [2.05, 4.69) is 27.9 Å². The minimum atomic E-state index is 0.117.